The topological polar surface area (TPSA) is 54.9 Å². The summed E-state index contributed by atoms with van der Waals surface area (Å²) >= 11 is 5.58. The van der Waals surface area contributed by atoms with Gasteiger partial charge in [-0.15, -0.1) is 0 Å². The zero-order chi connectivity index (χ0) is 10.7. The predicted molar refractivity (Wildman–Crippen MR) is 57.6 cm³/mol. The van der Waals surface area contributed by atoms with Gasteiger partial charge in [0.1, 0.15) is 5.15 Å². The lowest BCUT2D eigenvalue weighted by atomic mass is 9.83. The van der Waals surface area contributed by atoms with Crippen molar-refractivity contribution in [3.05, 3.63) is 17.5 Å². The van der Waals surface area contributed by atoms with Crippen LogP contribution in [-0.2, 0) is 4.79 Å². The van der Waals surface area contributed by atoms with Crippen molar-refractivity contribution in [1.82, 2.24) is 9.97 Å². The molecule has 0 atom stereocenters. The Balaban J connectivity index is 1.84. The Bertz CT molecular complexity index is 348. The fourth-order valence-electron chi connectivity index (χ4n) is 1.53. The molecule has 0 saturated heterocycles. The Morgan fingerprint density at radius 3 is 2.80 bits per heavy atom. The molecule has 1 aromatic heterocycles. The highest BCUT2D eigenvalue weighted by Gasteiger charge is 2.20. The van der Waals surface area contributed by atoms with Crippen LogP contribution >= 0.6 is 11.6 Å². The van der Waals surface area contributed by atoms with Crippen LogP contribution in [0.25, 0.3) is 0 Å². The molecule has 1 fully saturated rings. The molecule has 0 radical (unpaired) electrons. The average molecular weight is 226 g/mol. The molecule has 1 aliphatic rings. The third-order valence-electron chi connectivity index (χ3n) is 2.59. The van der Waals surface area contributed by atoms with E-state index in [1.54, 1.807) is 0 Å². The summed E-state index contributed by atoms with van der Waals surface area (Å²) in [6, 6.07) is 0. The summed E-state index contributed by atoms with van der Waals surface area (Å²) < 4.78 is 0. The van der Waals surface area contributed by atoms with E-state index in [1.807, 2.05) is 0 Å². The van der Waals surface area contributed by atoms with Crippen molar-refractivity contribution in [1.29, 1.82) is 0 Å². The molecule has 1 saturated carbocycles. The molecule has 15 heavy (non-hydrogen) atoms. The summed E-state index contributed by atoms with van der Waals surface area (Å²) in [7, 11) is 0. The molecule has 1 amide bonds. The summed E-state index contributed by atoms with van der Waals surface area (Å²) in [6.07, 6.45) is 7.05. The zero-order valence-corrected chi connectivity index (χ0v) is 9.00. The summed E-state index contributed by atoms with van der Waals surface area (Å²) in [5, 5.41) is 3.02. The van der Waals surface area contributed by atoms with Gasteiger partial charge in [0.15, 0.2) is 5.82 Å². The maximum atomic E-state index is 11.5. The number of anilines is 1. The highest BCUT2D eigenvalue weighted by atomic mass is 35.5. The van der Waals surface area contributed by atoms with E-state index < -0.39 is 0 Å². The lowest BCUT2D eigenvalue weighted by molar-refractivity contribution is -0.117. The Hall–Kier alpha value is -1.16. The SMILES string of the molecule is O=C(CC1CCC1)Nc1cnc(Cl)cn1. The van der Waals surface area contributed by atoms with Gasteiger partial charge in [-0.05, 0) is 18.8 Å². The Morgan fingerprint density at radius 1 is 1.47 bits per heavy atom. The van der Waals surface area contributed by atoms with E-state index >= 15 is 0 Å². The zero-order valence-electron chi connectivity index (χ0n) is 8.24. The summed E-state index contributed by atoms with van der Waals surface area (Å²) in [5.74, 6) is 1.03. The number of rotatable bonds is 3. The average Bonchev–Trinajstić information content (AvgIpc) is 2.16. The smallest absolute Gasteiger partial charge is 0.225 e. The first-order chi connectivity index (χ1) is 7.24. The second-order valence-electron chi connectivity index (χ2n) is 3.77. The number of nitrogens with zero attached hydrogens (tertiary/aromatic N) is 2. The van der Waals surface area contributed by atoms with Gasteiger partial charge in [0.25, 0.3) is 0 Å². The number of hydrogen-bond donors (Lipinski definition) is 1. The number of amides is 1. The second kappa shape index (κ2) is 4.57. The molecule has 1 aliphatic carbocycles. The van der Waals surface area contributed by atoms with Crippen LogP contribution in [0, 0.1) is 5.92 Å². The number of aromatic nitrogens is 2. The van der Waals surface area contributed by atoms with Gasteiger partial charge in [0, 0.05) is 6.42 Å². The van der Waals surface area contributed by atoms with Gasteiger partial charge >= 0.3 is 0 Å². The van der Waals surface area contributed by atoms with Gasteiger partial charge in [-0.2, -0.15) is 0 Å². The Morgan fingerprint density at radius 2 is 2.27 bits per heavy atom. The van der Waals surface area contributed by atoms with Crippen LogP contribution in [0.2, 0.25) is 5.15 Å². The second-order valence-corrected chi connectivity index (χ2v) is 4.16. The number of nitrogens with one attached hydrogen (secondary N) is 1. The molecule has 0 bridgehead atoms. The molecule has 1 N–H and O–H groups in total. The molecule has 0 aromatic carbocycles. The first-order valence-corrected chi connectivity index (χ1v) is 5.39. The molecule has 5 heteroatoms. The fourth-order valence-corrected chi connectivity index (χ4v) is 1.63. The van der Waals surface area contributed by atoms with Crippen molar-refractivity contribution in [2.45, 2.75) is 25.7 Å². The predicted octanol–water partition coefficient (Wildman–Crippen LogP) is 2.26. The standard InChI is InChI=1S/C10H12ClN3O/c11-8-5-13-9(6-12-8)14-10(15)4-7-2-1-3-7/h5-7H,1-4H2,(H,13,14,15). The first-order valence-electron chi connectivity index (χ1n) is 5.01. The largest absolute Gasteiger partial charge is 0.309 e. The van der Waals surface area contributed by atoms with Gasteiger partial charge in [0.05, 0.1) is 12.4 Å². The Labute approximate surface area is 93.1 Å². The van der Waals surface area contributed by atoms with E-state index in [0.29, 0.717) is 23.3 Å². The van der Waals surface area contributed by atoms with E-state index in [9.17, 15) is 4.79 Å². The Kier molecular flexibility index (Phi) is 3.16. The monoisotopic (exact) mass is 225 g/mol. The van der Waals surface area contributed by atoms with Gasteiger partial charge in [-0.1, -0.05) is 18.0 Å². The summed E-state index contributed by atoms with van der Waals surface area (Å²) in [4.78, 5) is 19.3. The van der Waals surface area contributed by atoms with Crippen molar-refractivity contribution in [2.24, 2.45) is 5.92 Å². The minimum atomic E-state index is 0.0105. The van der Waals surface area contributed by atoms with Crippen LogP contribution in [0.15, 0.2) is 12.4 Å². The van der Waals surface area contributed by atoms with Crippen LogP contribution in [0.1, 0.15) is 25.7 Å². The van der Waals surface area contributed by atoms with Crippen LogP contribution in [-0.4, -0.2) is 15.9 Å². The lowest BCUT2D eigenvalue weighted by Crippen LogP contribution is -2.21. The van der Waals surface area contributed by atoms with Crippen molar-refractivity contribution >= 4 is 23.3 Å². The normalized spacial score (nSPS) is 15.8. The maximum Gasteiger partial charge on any atom is 0.225 e. The molecular formula is C10H12ClN3O. The minimum Gasteiger partial charge on any atom is -0.309 e. The van der Waals surface area contributed by atoms with Crippen LogP contribution in [0.3, 0.4) is 0 Å². The maximum absolute atomic E-state index is 11.5. The van der Waals surface area contributed by atoms with E-state index in [1.165, 1.54) is 31.7 Å². The molecule has 0 spiro atoms. The van der Waals surface area contributed by atoms with Crippen LogP contribution in [0.5, 0.6) is 0 Å². The van der Waals surface area contributed by atoms with Crippen molar-refractivity contribution in [2.75, 3.05) is 5.32 Å². The third-order valence-corrected chi connectivity index (χ3v) is 2.78. The molecule has 0 aliphatic heterocycles. The number of carbonyl (C=O) groups is 1. The molecule has 80 valence electrons. The number of carbonyl (C=O) groups excluding carboxylic acids is 1. The molecule has 1 aromatic rings. The molecule has 1 heterocycles. The minimum absolute atomic E-state index is 0.0105. The fraction of sp³-hybridized carbons (Fsp3) is 0.500. The van der Waals surface area contributed by atoms with E-state index in [0.717, 1.165) is 0 Å². The van der Waals surface area contributed by atoms with E-state index in [-0.39, 0.29) is 5.91 Å². The van der Waals surface area contributed by atoms with Crippen LogP contribution in [0.4, 0.5) is 5.82 Å². The molecule has 2 rings (SSSR count). The summed E-state index contributed by atoms with van der Waals surface area (Å²) in [5.41, 5.74) is 0. The van der Waals surface area contributed by atoms with Crippen molar-refractivity contribution < 1.29 is 4.79 Å². The molecule has 0 unspecified atom stereocenters. The lowest BCUT2D eigenvalue weighted by Gasteiger charge is -2.24. The molecular weight excluding hydrogens is 214 g/mol. The highest BCUT2D eigenvalue weighted by molar-refractivity contribution is 6.29. The number of hydrogen-bond acceptors (Lipinski definition) is 3. The first kappa shape index (κ1) is 10.4. The quantitative estimate of drug-likeness (QED) is 0.859. The number of halogens is 1. The van der Waals surface area contributed by atoms with Gasteiger partial charge in [-0.3, -0.25) is 4.79 Å². The summed E-state index contributed by atoms with van der Waals surface area (Å²) in [6.45, 7) is 0. The van der Waals surface area contributed by atoms with Gasteiger partial charge in [-0.25, -0.2) is 9.97 Å². The van der Waals surface area contributed by atoms with E-state index in [2.05, 4.69) is 15.3 Å². The third kappa shape index (κ3) is 2.89. The highest BCUT2D eigenvalue weighted by Crippen LogP contribution is 2.29. The van der Waals surface area contributed by atoms with Gasteiger partial charge in [0.2, 0.25) is 5.91 Å². The van der Waals surface area contributed by atoms with Crippen molar-refractivity contribution in [3.63, 3.8) is 0 Å². The van der Waals surface area contributed by atoms with Crippen LogP contribution < -0.4 is 5.32 Å². The van der Waals surface area contributed by atoms with Gasteiger partial charge < -0.3 is 5.32 Å². The van der Waals surface area contributed by atoms with Crippen molar-refractivity contribution in [3.8, 4) is 0 Å². The van der Waals surface area contributed by atoms with E-state index in [4.69, 9.17) is 11.6 Å². The molecule has 4 nitrogen and oxygen atoms in total.